The zero-order valence-corrected chi connectivity index (χ0v) is 8.86. The molecule has 1 heterocycles. The summed E-state index contributed by atoms with van der Waals surface area (Å²) >= 11 is 0. The van der Waals surface area contributed by atoms with Crippen LogP contribution >= 0.6 is 0 Å². The average molecular weight is 200 g/mol. The van der Waals surface area contributed by atoms with E-state index < -0.39 is 0 Å². The lowest BCUT2D eigenvalue weighted by molar-refractivity contribution is -0.0160. The highest BCUT2D eigenvalue weighted by molar-refractivity contribution is 5.29. The Morgan fingerprint density at radius 2 is 2.13 bits per heavy atom. The fourth-order valence-corrected chi connectivity index (χ4v) is 1.99. The van der Waals surface area contributed by atoms with E-state index in [1.54, 1.807) is 0 Å². The molecule has 0 spiro atoms. The van der Waals surface area contributed by atoms with E-state index in [1.807, 2.05) is 24.3 Å². The Bertz CT molecular complexity index is 353. The third kappa shape index (κ3) is 2.02. The quantitative estimate of drug-likeness (QED) is 0.679. The number of ether oxygens (including phenoxy) is 1. The Hall–Kier alpha value is -1.34. The van der Waals surface area contributed by atoms with Crippen LogP contribution in [0.15, 0.2) is 55.1 Å². The Labute approximate surface area is 91.1 Å². The molecule has 0 saturated carbocycles. The molecular formula is C14H16O. The van der Waals surface area contributed by atoms with E-state index in [4.69, 9.17) is 4.74 Å². The van der Waals surface area contributed by atoms with Gasteiger partial charge in [0.15, 0.2) is 0 Å². The largest absolute Gasteiger partial charge is 0.366 e. The maximum Gasteiger partial charge on any atom is 0.115 e. The molecule has 1 atom stereocenters. The van der Waals surface area contributed by atoms with Gasteiger partial charge in [-0.1, -0.05) is 48.6 Å². The molecule has 1 aliphatic rings. The number of benzene rings is 1. The number of rotatable bonds is 3. The summed E-state index contributed by atoms with van der Waals surface area (Å²) in [6.07, 6.45) is 8.11. The van der Waals surface area contributed by atoms with Crippen molar-refractivity contribution in [1.29, 1.82) is 0 Å². The van der Waals surface area contributed by atoms with Crippen LogP contribution in [0.25, 0.3) is 0 Å². The molecule has 1 aromatic carbocycles. The van der Waals surface area contributed by atoms with Crippen LogP contribution in [-0.2, 0) is 10.3 Å². The molecule has 0 radical (unpaired) electrons. The van der Waals surface area contributed by atoms with Gasteiger partial charge in [0.1, 0.15) is 5.60 Å². The molecular weight excluding hydrogens is 184 g/mol. The van der Waals surface area contributed by atoms with Gasteiger partial charge in [0.05, 0.1) is 6.61 Å². The first kappa shape index (κ1) is 10.2. The first-order chi connectivity index (χ1) is 7.37. The van der Waals surface area contributed by atoms with E-state index in [0.29, 0.717) is 0 Å². The van der Waals surface area contributed by atoms with Crippen molar-refractivity contribution in [3.63, 3.8) is 0 Å². The second-order valence-electron chi connectivity index (χ2n) is 3.79. The Morgan fingerprint density at radius 1 is 1.33 bits per heavy atom. The summed E-state index contributed by atoms with van der Waals surface area (Å²) in [7, 11) is 0. The van der Waals surface area contributed by atoms with Crippen molar-refractivity contribution in [2.24, 2.45) is 0 Å². The Morgan fingerprint density at radius 3 is 2.73 bits per heavy atom. The van der Waals surface area contributed by atoms with Crippen molar-refractivity contribution in [2.45, 2.75) is 18.4 Å². The van der Waals surface area contributed by atoms with Gasteiger partial charge in [-0.15, -0.1) is 6.58 Å². The molecule has 1 aromatic rings. The van der Waals surface area contributed by atoms with Gasteiger partial charge < -0.3 is 4.74 Å². The summed E-state index contributed by atoms with van der Waals surface area (Å²) in [5.74, 6) is 0. The minimum Gasteiger partial charge on any atom is -0.366 e. The van der Waals surface area contributed by atoms with E-state index in [1.165, 1.54) is 5.56 Å². The fourth-order valence-electron chi connectivity index (χ4n) is 1.99. The first-order valence-corrected chi connectivity index (χ1v) is 5.35. The summed E-state index contributed by atoms with van der Waals surface area (Å²) in [4.78, 5) is 0. The second-order valence-corrected chi connectivity index (χ2v) is 3.79. The smallest absolute Gasteiger partial charge is 0.115 e. The van der Waals surface area contributed by atoms with Crippen LogP contribution in [0, 0.1) is 0 Å². The highest BCUT2D eigenvalue weighted by Crippen LogP contribution is 2.34. The predicted molar refractivity (Wildman–Crippen MR) is 62.6 cm³/mol. The standard InChI is InChI=1S/C14H16O/c1-2-10-14(11-6-7-12-15-14)13-8-4-3-5-9-13/h2-6,8-9,11H,1,7,10,12H2/t14-/m1/s1. The highest BCUT2D eigenvalue weighted by atomic mass is 16.5. The molecule has 0 amide bonds. The molecule has 2 rings (SSSR count). The molecule has 78 valence electrons. The van der Waals surface area contributed by atoms with Gasteiger partial charge in [-0.25, -0.2) is 0 Å². The van der Waals surface area contributed by atoms with Crippen LogP contribution in [0.4, 0.5) is 0 Å². The third-order valence-corrected chi connectivity index (χ3v) is 2.74. The van der Waals surface area contributed by atoms with Crippen molar-refractivity contribution < 1.29 is 4.74 Å². The summed E-state index contributed by atoms with van der Waals surface area (Å²) in [6, 6.07) is 10.3. The van der Waals surface area contributed by atoms with Crippen LogP contribution in [-0.4, -0.2) is 6.61 Å². The van der Waals surface area contributed by atoms with Crippen LogP contribution in [0.5, 0.6) is 0 Å². The molecule has 1 aliphatic heterocycles. The minimum absolute atomic E-state index is 0.277. The lowest BCUT2D eigenvalue weighted by atomic mass is 9.88. The monoisotopic (exact) mass is 200 g/mol. The Balaban J connectivity index is 2.38. The highest BCUT2D eigenvalue weighted by Gasteiger charge is 2.30. The lowest BCUT2D eigenvalue weighted by Crippen LogP contribution is -2.29. The van der Waals surface area contributed by atoms with Gasteiger partial charge >= 0.3 is 0 Å². The molecule has 0 aromatic heterocycles. The molecule has 0 bridgehead atoms. The number of hydrogen-bond donors (Lipinski definition) is 0. The van der Waals surface area contributed by atoms with E-state index >= 15 is 0 Å². The molecule has 1 nitrogen and oxygen atoms in total. The van der Waals surface area contributed by atoms with Crippen molar-refractivity contribution >= 4 is 0 Å². The molecule has 0 aliphatic carbocycles. The lowest BCUT2D eigenvalue weighted by Gasteiger charge is -2.33. The molecule has 1 heteroatoms. The van der Waals surface area contributed by atoms with Gasteiger partial charge in [0.2, 0.25) is 0 Å². The van der Waals surface area contributed by atoms with E-state index in [0.717, 1.165) is 19.4 Å². The van der Waals surface area contributed by atoms with Crippen molar-refractivity contribution in [3.05, 3.63) is 60.7 Å². The van der Waals surface area contributed by atoms with Crippen LogP contribution < -0.4 is 0 Å². The topological polar surface area (TPSA) is 9.23 Å². The zero-order chi connectivity index (χ0) is 10.6. The van der Waals surface area contributed by atoms with Gasteiger partial charge in [-0.3, -0.25) is 0 Å². The van der Waals surface area contributed by atoms with Gasteiger partial charge in [-0.05, 0) is 12.0 Å². The molecule has 0 unspecified atom stereocenters. The summed E-state index contributed by atoms with van der Waals surface area (Å²) < 4.78 is 5.93. The predicted octanol–water partition coefficient (Wildman–Crippen LogP) is 3.43. The second kappa shape index (κ2) is 4.45. The van der Waals surface area contributed by atoms with Crippen molar-refractivity contribution in [2.75, 3.05) is 6.61 Å². The average Bonchev–Trinajstić information content (AvgIpc) is 2.32. The SMILES string of the molecule is C=CC[C@]1(c2ccccc2)C=CCCO1. The zero-order valence-electron chi connectivity index (χ0n) is 8.86. The van der Waals surface area contributed by atoms with Crippen LogP contribution in [0.1, 0.15) is 18.4 Å². The van der Waals surface area contributed by atoms with E-state index in [2.05, 4.69) is 30.9 Å². The summed E-state index contributed by atoms with van der Waals surface area (Å²) in [5.41, 5.74) is 0.933. The number of hydrogen-bond acceptors (Lipinski definition) is 1. The fraction of sp³-hybridized carbons (Fsp3) is 0.286. The molecule has 0 saturated heterocycles. The third-order valence-electron chi connectivity index (χ3n) is 2.74. The first-order valence-electron chi connectivity index (χ1n) is 5.35. The summed E-state index contributed by atoms with van der Waals surface area (Å²) in [5, 5.41) is 0. The van der Waals surface area contributed by atoms with E-state index in [9.17, 15) is 0 Å². The molecule has 15 heavy (non-hydrogen) atoms. The maximum atomic E-state index is 5.93. The van der Waals surface area contributed by atoms with Crippen molar-refractivity contribution in [3.8, 4) is 0 Å². The normalized spacial score (nSPS) is 25.1. The molecule has 0 fully saturated rings. The van der Waals surface area contributed by atoms with Crippen LogP contribution in [0.2, 0.25) is 0 Å². The summed E-state index contributed by atoms with van der Waals surface area (Å²) in [6.45, 7) is 4.60. The van der Waals surface area contributed by atoms with E-state index in [-0.39, 0.29) is 5.60 Å². The van der Waals surface area contributed by atoms with Gasteiger partial charge in [0.25, 0.3) is 0 Å². The van der Waals surface area contributed by atoms with Gasteiger partial charge in [0, 0.05) is 6.42 Å². The van der Waals surface area contributed by atoms with Crippen LogP contribution in [0.3, 0.4) is 0 Å². The maximum absolute atomic E-state index is 5.93. The minimum atomic E-state index is -0.277. The molecule has 0 N–H and O–H groups in total. The van der Waals surface area contributed by atoms with Gasteiger partial charge in [-0.2, -0.15) is 0 Å². The Kier molecular flexibility index (Phi) is 3.02. The van der Waals surface area contributed by atoms with Crippen molar-refractivity contribution in [1.82, 2.24) is 0 Å².